The van der Waals surface area contributed by atoms with Crippen LogP contribution in [0.4, 0.5) is 4.39 Å². The summed E-state index contributed by atoms with van der Waals surface area (Å²) in [4.78, 5) is 11.1. The zero-order valence-electron chi connectivity index (χ0n) is 7.72. The molecule has 0 aliphatic rings. The van der Waals surface area contributed by atoms with Gasteiger partial charge in [-0.2, -0.15) is 5.10 Å². The lowest BCUT2D eigenvalue weighted by Crippen LogP contribution is -2.17. The van der Waals surface area contributed by atoms with Crippen LogP contribution in [0.5, 0.6) is 0 Å². The highest BCUT2D eigenvalue weighted by Crippen LogP contribution is 2.16. The number of halogens is 1. The summed E-state index contributed by atoms with van der Waals surface area (Å²) in [6, 6.07) is 5.94. The predicted octanol–water partition coefficient (Wildman–Crippen LogP) is 1.11. The number of aromatic nitrogens is 2. The molecule has 1 heterocycles. The number of carbonyl (C=O) groups is 1. The SMILES string of the molecule is NC(=O)c1c(F)cccc1-n1cccn1. The fourth-order valence-electron chi connectivity index (χ4n) is 1.36. The Morgan fingerprint density at radius 1 is 1.40 bits per heavy atom. The second-order valence-electron chi connectivity index (χ2n) is 2.95. The molecule has 15 heavy (non-hydrogen) atoms. The third kappa shape index (κ3) is 1.59. The second kappa shape index (κ2) is 3.53. The Hall–Kier alpha value is -2.17. The van der Waals surface area contributed by atoms with E-state index in [0.717, 1.165) is 0 Å². The highest BCUT2D eigenvalue weighted by Gasteiger charge is 2.14. The highest BCUT2D eigenvalue weighted by molar-refractivity contribution is 5.96. The van der Waals surface area contributed by atoms with Gasteiger partial charge in [-0.25, -0.2) is 9.07 Å². The zero-order chi connectivity index (χ0) is 10.8. The van der Waals surface area contributed by atoms with Gasteiger partial charge in [-0.1, -0.05) is 6.07 Å². The minimum absolute atomic E-state index is 0.152. The van der Waals surface area contributed by atoms with Crippen LogP contribution < -0.4 is 5.73 Å². The molecule has 0 fully saturated rings. The highest BCUT2D eigenvalue weighted by atomic mass is 19.1. The summed E-state index contributed by atoms with van der Waals surface area (Å²) < 4.78 is 14.7. The molecule has 0 spiro atoms. The van der Waals surface area contributed by atoms with E-state index in [1.165, 1.54) is 23.0 Å². The van der Waals surface area contributed by atoms with Gasteiger partial charge in [0.15, 0.2) is 0 Å². The molecule has 0 atom stereocenters. The molecule has 2 N–H and O–H groups in total. The van der Waals surface area contributed by atoms with Crippen molar-refractivity contribution in [2.24, 2.45) is 5.73 Å². The van der Waals surface area contributed by atoms with E-state index in [0.29, 0.717) is 5.69 Å². The Bertz CT molecular complexity index is 493. The van der Waals surface area contributed by atoms with Gasteiger partial charge in [0.2, 0.25) is 0 Å². The van der Waals surface area contributed by atoms with Crippen molar-refractivity contribution >= 4 is 5.91 Å². The number of carbonyl (C=O) groups excluding carboxylic acids is 1. The molecule has 0 aliphatic carbocycles. The number of nitrogens with two attached hydrogens (primary N) is 1. The summed E-state index contributed by atoms with van der Waals surface area (Å²) in [6.45, 7) is 0. The Morgan fingerprint density at radius 2 is 2.20 bits per heavy atom. The Kier molecular flexibility index (Phi) is 2.21. The summed E-state index contributed by atoms with van der Waals surface area (Å²) in [7, 11) is 0. The maximum absolute atomic E-state index is 13.4. The van der Waals surface area contributed by atoms with Crippen LogP contribution >= 0.6 is 0 Å². The van der Waals surface area contributed by atoms with E-state index in [-0.39, 0.29) is 5.56 Å². The van der Waals surface area contributed by atoms with Crippen LogP contribution in [0.2, 0.25) is 0 Å². The molecule has 1 amide bonds. The zero-order valence-corrected chi connectivity index (χ0v) is 7.72. The average Bonchev–Trinajstić information content (AvgIpc) is 2.69. The smallest absolute Gasteiger partial charge is 0.253 e. The molecule has 4 nitrogen and oxygen atoms in total. The van der Waals surface area contributed by atoms with Gasteiger partial charge in [0, 0.05) is 12.4 Å². The third-order valence-electron chi connectivity index (χ3n) is 1.99. The number of amides is 1. The van der Waals surface area contributed by atoms with E-state index >= 15 is 0 Å². The first-order valence-corrected chi connectivity index (χ1v) is 4.28. The summed E-state index contributed by atoms with van der Waals surface area (Å²) in [6.07, 6.45) is 3.15. The van der Waals surface area contributed by atoms with Crippen LogP contribution in [0.15, 0.2) is 36.7 Å². The molecule has 0 saturated heterocycles. The normalized spacial score (nSPS) is 10.2. The van der Waals surface area contributed by atoms with Gasteiger partial charge < -0.3 is 5.73 Å². The van der Waals surface area contributed by atoms with Crippen molar-refractivity contribution in [3.8, 4) is 5.69 Å². The number of hydrogen-bond acceptors (Lipinski definition) is 2. The summed E-state index contributed by atoms with van der Waals surface area (Å²) in [5.74, 6) is -1.45. The number of benzene rings is 1. The number of rotatable bonds is 2. The lowest BCUT2D eigenvalue weighted by atomic mass is 10.1. The number of primary amides is 1. The minimum Gasteiger partial charge on any atom is -0.365 e. The third-order valence-corrected chi connectivity index (χ3v) is 1.99. The van der Waals surface area contributed by atoms with Gasteiger partial charge in [0.25, 0.3) is 5.91 Å². The molecule has 0 unspecified atom stereocenters. The van der Waals surface area contributed by atoms with E-state index in [1.54, 1.807) is 18.3 Å². The maximum atomic E-state index is 13.4. The van der Waals surface area contributed by atoms with Crippen LogP contribution in [0.1, 0.15) is 10.4 Å². The van der Waals surface area contributed by atoms with Gasteiger partial charge in [0.05, 0.1) is 5.69 Å². The first-order valence-electron chi connectivity index (χ1n) is 4.28. The Labute approximate surface area is 85.1 Å². The summed E-state index contributed by atoms with van der Waals surface area (Å²) in [5, 5.41) is 3.91. The molecule has 0 radical (unpaired) electrons. The van der Waals surface area contributed by atoms with Crippen molar-refractivity contribution in [2.75, 3.05) is 0 Å². The molecule has 1 aromatic carbocycles. The van der Waals surface area contributed by atoms with E-state index in [1.807, 2.05) is 0 Å². The summed E-state index contributed by atoms with van der Waals surface area (Å²) >= 11 is 0. The van der Waals surface area contributed by atoms with Gasteiger partial charge in [-0.05, 0) is 18.2 Å². The molecule has 5 heteroatoms. The van der Waals surface area contributed by atoms with Crippen molar-refractivity contribution in [3.05, 3.63) is 48.0 Å². The molecular weight excluding hydrogens is 197 g/mol. The molecule has 1 aromatic heterocycles. The Balaban J connectivity index is 2.66. The Morgan fingerprint density at radius 3 is 2.80 bits per heavy atom. The van der Waals surface area contributed by atoms with Crippen molar-refractivity contribution in [3.63, 3.8) is 0 Å². The predicted molar refractivity (Wildman–Crippen MR) is 52.0 cm³/mol. The van der Waals surface area contributed by atoms with Crippen LogP contribution in [-0.4, -0.2) is 15.7 Å². The fraction of sp³-hybridized carbons (Fsp3) is 0. The second-order valence-corrected chi connectivity index (χ2v) is 2.95. The lowest BCUT2D eigenvalue weighted by molar-refractivity contribution is 0.0996. The molecule has 2 rings (SSSR count). The van der Waals surface area contributed by atoms with Crippen molar-refractivity contribution in [1.29, 1.82) is 0 Å². The van der Waals surface area contributed by atoms with Crippen molar-refractivity contribution in [2.45, 2.75) is 0 Å². The first-order chi connectivity index (χ1) is 7.20. The quantitative estimate of drug-likeness (QED) is 0.798. The topological polar surface area (TPSA) is 60.9 Å². The number of nitrogens with zero attached hydrogens (tertiary/aromatic N) is 2. The van der Waals surface area contributed by atoms with Crippen LogP contribution in [-0.2, 0) is 0 Å². The molecule has 2 aromatic rings. The molecule has 0 saturated carbocycles. The van der Waals surface area contributed by atoms with Gasteiger partial charge in [-0.15, -0.1) is 0 Å². The van der Waals surface area contributed by atoms with Gasteiger partial charge >= 0.3 is 0 Å². The molecule has 0 aliphatic heterocycles. The van der Waals surface area contributed by atoms with Crippen LogP contribution in [0.3, 0.4) is 0 Å². The van der Waals surface area contributed by atoms with Crippen LogP contribution in [0, 0.1) is 5.82 Å². The van der Waals surface area contributed by atoms with Gasteiger partial charge in [-0.3, -0.25) is 4.79 Å². The van der Waals surface area contributed by atoms with Crippen LogP contribution in [0.25, 0.3) is 5.69 Å². The van der Waals surface area contributed by atoms with E-state index < -0.39 is 11.7 Å². The van der Waals surface area contributed by atoms with Gasteiger partial charge in [0.1, 0.15) is 11.4 Å². The first kappa shape index (κ1) is 9.39. The lowest BCUT2D eigenvalue weighted by Gasteiger charge is -2.06. The largest absolute Gasteiger partial charge is 0.365 e. The maximum Gasteiger partial charge on any atom is 0.253 e. The molecule has 0 bridgehead atoms. The minimum atomic E-state index is -0.807. The summed E-state index contributed by atoms with van der Waals surface area (Å²) in [5.41, 5.74) is 5.29. The standard InChI is InChI=1S/C10H8FN3O/c11-7-3-1-4-8(9(7)10(12)15)14-6-2-5-13-14/h1-6H,(H2,12,15). The number of hydrogen-bond donors (Lipinski definition) is 1. The fourth-order valence-corrected chi connectivity index (χ4v) is 1.36. The van der Waals surface area contributed by atoms with E-state index in [4.69, 9.17) is 5.73 Å². The monoisotopic (exact) mass is 205 g/mol. The van der Waals surface area contributed by atoms with Crippen molar-refractivity contribution < 1.29 is 9.18 Å². The van der Waals surface area contributed by atoms with Crippen molar-refractivity contribution in [1.82, 2.24) is 9.78 Å². The molecule has 76 valence electrons. The molecular formula is C10H8FN3O. The van der Waals surface area contributed by atoms with E-state index in [2.05, 4.69) is 5.10 Å². The van der Waals surface area contributed by atoms with E-state index in [9.17, 15) is 9.18 Å². The average molecular weight is 205 g/mol.